The lowest BCUT2D eigenvalue weighted by molar-refractivity contribution is 0.617. The Morgan fingerprint density at radius 1 is 0.543 bits per heavy atom. The lowest BCUT2D eigenvalue weighted by Crippen LogP contribution is -2.14. The minimum atomic E-state index is -0.147. The number of thiophene rings is 1. The third kappa shape index (κ3) is 3.66. The van der Waals surface area contributed by atoms with Gasteiger partial charge in [-0.1, -0.05) is 80.6 Å². The highest BCUT2D eigenvalue weighted by atomic mass is 32.1. The lowest BCUT2D eigenvalue weighted by Gasteiger charge is -2.22. The highest BCUT2D eigenvalue weighted by Gasteiger charge is 2.37. The number of rotatable bonds is 3. The van der Waals surface area contributed by atoms with Crippen LogP contribution in [0.5, 0.6) is 0 Å². The number of aromatic nitrogens is 2. The Kier molecular flexibility index (Phi) is 5.18. The van der Waals surface area contributed by atoms with Crippen LogP contribution in [0, 0.1) is 0 Å². The van der Waals surface area contributed by atoms with E-state index < -0.39 is 0 Å². The van der Waals surface area contributed by atoms with Gasteiger partial charge < -0.3 is 8.83 Å². The van der Waals surface area contributed by atoms with Gasteiger partial charge in [0.2, 0.25) is 11.8 Å². The number of nitrogens with zero attached hydrogens (tertiary/aromatic N) is 2. The summed E-state index contributed by atoms with van der Waals surface area (Å²) in [5.74, 6) is 1.14. The van der Waals surface area contributed by atoms with Crippen molar-refractivity contribution >= 4 is 53.7 Å². The Morgan fingerprint density at radius 2 is 1.17 bits per heavy atom. The predicted molar refractivity (Wildman–Crippen MR) is 188 cm³/mol. The molecule has 0 radical (unpaired) electrons. The Labute approximate surface area is 268 Å². The van der Waals surface area contributed by atoms with Crippen molar-refractivity contribution < 1.29 is 8.83 Å². The van der Waals surface area contributed by atoms with Crippen LogP contribution in [-0.4, -0.2) is 9.97 Å². The van der Waals surface area contributed by atoms with Crippen molar-refractivity contribution in [2.75, 3.05) is 0 Å². The molecule has 6 aromatic carbocycles. The van der Waals surface area contributed by atoms with Crippen LogP contribution < -0.4 is 0 Å². The molecule has 0 fully saturated rings. The number of hydrogen-bond acceptors (Lipinski definition) is 5. The van der Waals surface area contributed by atoms with Crippen LogP contribution in [0.3, 0.4) is 0 Å². The van der Waals surface area contributed by atoms with Crippen molar-refractivity contribution in [1.29, 1.82) is 0 Å². The molecule has 0 aliphatic heterocycles. The average molecular weight is 611 g/mol. The first-order chi connectivity index (χ1) is 22.5. The van der Waals surface area contributed by atoms with Gasteiger partial charge in [0.05, 0.1) is 0 Å². The molecule has 10 rings (SSSR count). The highest BCUT2D eigenvalue weighted by Crippen LogP contribution is 2.54. The van der Waals surface area contributed by atoms with Gasteiger partial charge in [-0.3, -0.25) is 0 Å². The molecule has 46 heavy (non-hydrogen) atoms. The number of fused-ring (bicyclic) bond motifs is 9. The van der Waals surface area contributed by atoms with Crippen LogP contribution in [0.2, 0.25) is 0 Å². The van der Waals surface area contributed by atoms with Gasteiger partial charge in [0.1, 0.15) is 11.0 Å². The summed E-state index contributed by atoms with van der Waals surface area (Å²) in [4.78, 5) is 9.67. The topological polar surface area (TPSA) is 52.1 Å². The van der Waals surface area contributed by atoms with Gasteiger partial charge in [-0.2, -0.15) is 0 Å². The van der Waals surface area contributed by atoms with Gasteiger partial charge in [0.15, 0.2) is 11.2 Å². The summed E-state index contributed by atoms with van der Waals surface area (Å²) in [5.41, 5.74) is 12.4. The molecule has 0 N–H and O–H groups in total. The first-order valence-electron chi connectivity index (χ1n) is 15.5. The molecule has 218 valence electrons. The molecular formula is C41H26N2O2S. The van der Waals surface area contributed by atoms with Crippen LogP contribution in [0.1, 0.15) is 25.0 Å². The predicted octanol–water partition coefficient (Wildman–Crippen LogP) is 11.6. The average Bonchev–Trinajstić information content (AvgIpc) is 3.86. The van der Waals surface area contributed by atoms with E-state index in [0.717, 1.165) is 44.5 Å². The smallest absolute Gasteiger partial charge is 0.227 e. The minimum absolute atomic E-state index is 0.147. The summed E-state index contributed by atoms with van der Waals surface area (Å²) >= 11 is 1.90. The fraction of sp³-hybridized carbons (Fsp3) is 0.0732. The molecule has 0 atom stereocenters. The normalized spacial score (nSPS) is 13.6. The van der Waals surface area contributed by atoms with Gasteiger partial charge in [-0.15, -0.1) is 11.3 Å². The molecule has 0 bridgehead atoms. The summed E-state index contributed by atoms with van der Waals surface area (Å²) < 4.78 is 15.2. The second-order valence-electron chi connectivity index (χ2n) is 12.6. The maximum absolute atomic E-state index is 6.25. The summed E-state index contributed by atoms with van der Waals surface area (Å²) in [6.45, 7) is 4.69. The Balaban J connectivity index is 1.17. The minimum Gasteiger partial charge on any atom is -0.436 e. The number of benzene rings is 6. The van der Waals surface area contributed by atoms with Crippen LogP contribution in [0.4, 0.5) is 0 Å². The zero-order valence-electron chi connectivity index (χ0n) is 25.2. The van der Waals surface area contributed by atoms with Crippen LogP contribution >= 0.6 is 11.3 Å². The monoisotopic (exact) mass is 610 g/mol. The quantitative estimate of drug-likeness (QED) is 0.200. The van der Waals surface area contributed by atoms with Crippen molar-refractivity contribution in [3.8, 4) is 45.2 Å². The summed E-state index contributed by atoms with van der Waals surface area (Å²) in [6.07, 6.45) is 0. The maximum atomic E-state index is 6.25. The van der Waals surface area contributed by atoms with E-state index >= 15 is 0 Å². The molecule has 0 spiro atoms. The van der Waals surface area contributed by atoms with E-state index in [1.807, 2.05) is 59.9 Å². The number of oxazole rings is 2. The zero-order chi connectivity index (χ0) is 30.6. The molecule has 3 heterocycles. The standard InChI is InChI=1S/C41H26N2O2S/c1-41(2)30-18-17-28-27-9-3-8-14-36(27)46-38(28)37(30)29-16-15-23(22-31(29)41)24-19-25(39-42-32-10-4-6-12-34(32)44-39)21-26(20-24)40-43-33-11-5-7-13-35(33)45-40/h3-22H,1-2H3. The molecular weight excluding hydrogens is 585 g/mol. The molecule has 1 aliphatic rings. The third-order valence-corrected chi connectivity index (χ3v) is 10.7. The Hall–Kier alpha value is -5.52. The summed E-state index contributed by atoms with van der Waals surface area (Å²) in [5, 5.41) is 2.66. The van der Waals surface area contributed by atoms with Crippen molar-refractivity contribution in [3.63, 3.8) is 0 Å². The van der Waals surface area contributed by atoms with E-state index in [1.54, 1.807) is 0 Å². The fourth-order valence-corrected chi connectivity index (χ4v) is 8.48. The zero-order valence-corrected chi connectivity index (χ0v) is 26.0. The maximum Gasteiger partial charge on any atom is 0.227 e. The number of hydrogen-bond donors (Lipinski definition) is 0. The largest absolute Gasteiger partial charge is 0.436 e. The van der Waals surface area contributed by atoms with E-state index in [-0.39, 0.29) is 5.41 Å². The van der Waals surface area contributed by atoms with E-state index in [1.165, 1.54) is 42.4 Å². The van der Waals surface area contributed by atoms with E-state index in [2.05, 4.69) is 86.6 Å². The van der Waals surface area contributed by atoms with E-state index in [0.29, 0.717) is 11.8 Å². The fourth-order valence-electron chi connectivity index (χ4n) is 7.21. The molecule has 5 heteroatoms. The van der Waals surface area contributed by atoms with Crippen molar-refractivity contribution in [2.24, 2.45) is 0 Å². The third-order valence-electron chi connectivity index (χ3n) is 9.53. The van der Waals surface area contributed by atoms with Gasteiger partial charge in [-0.25, -0.2) is 9.97 Å². The molecule has 0 saturated heterocycles. The summed E-state index contributed by atoms with van der Waals surface area (Å²) in [7, 11) is 0. The van der Waals surface area contributed by atoms with Gasteiger partial charge in [0, 0.05) is 42.3 Å². The van der Waals surface area contributed by atoms with E-state index in [4.69, 9.17) is 18.8 Å². The van der Waals surface area contributed by atoms with Gasteiger partial charge in [-0.05, 0) is 82.4 Å². The van der Waals surface area contributed by atoms with Crippen LogP contribution in [0.15, 0.2) is 130 Å². The van der Waals surface area contributed by atoms with Gasteiger partial charge in [0.25, 0.3) is 0 Å². The highest BCUT2D eigenvalue weighted by molar-refractivity contribution is 7.26. The van der Waals surface area contributed by atoms with Crippen molar-refractivity contribution in [1.82, 2.24) is 9.97 Å². The Morgan fingerprint density at radius 3 is 1.87 bits per heavy atom. The molecule has 4 nitrogen and oxygen atoms in total. The second-order valence-corrected chi connectivity index (χ2v) is 13.7. The molecule has 9 aromatic rings. The molecule has 0 unspecified atom stereocenters. The molecule has 1 aliphatic carbocycles. The van der Waals surface area contributed by atoms with Crippen LogP contribution in [-0.2, 0) is 5.41 Å². The SMILES string of the molecule is CC1(C)c2cc(-c3cc(-c4nc5ccccc5o4)cc(-c4nc5ccccc5o4)c3)ccc2-c2c1ccc1c2sc2ccccc21. The first kappa shape index (κ1) is 25.8. The Bertz CT molecular complexity index is 2530. The molecule has 0 saturated carbocycles. The number of para-hydroxylation sites is 4. The van der Waals surface area contributed by atoms with Crippen molar-refractivity contribution in [2.45, 2.75) is 19.3 Å². The van der Waals surface area contributed by atoms with Crippen LogP contribution in [0.25, 0.3) is 87.5 Å². The van der Waals surface area contributed by atoms with E-state index in [9.17, 15) is 0 Å². The van der Waals surface area contributed by atoms with Crippen molar-refractivity contribution in [3.05, 3.63) is 132 Å². The second kappa shape index (κ2) is 9.25. The first-order valence-corrected chi connectivity index (χ1v) is 16.3. The molecule has 0 amide bonds. The van der Waals surface area contributed by atoms with Gasteiger partial charge >= 0.3 is 0 Å². The molecule has 3 aromatic heterocycles. The lowest BCUT2D eigenvalue weighted by atomic mass is 9.81. The summed E-state index contributed by atoms with van der Waals surface area (Å²) in [6, 6.07) is 42.5.